The highest BCUT2D eigenvalue weighted by atomic mass is 32.2. The second-order valence-corrected chi connectivity index (χ2v) is 5.06. The van der Waals surface area contributed by atoms with Gasteiger partial charge in [-0.25, -0.2) is 9.67 Å². The fourth-order valence-corrected chi connectivity index (χ4v) is 2.14. The Balaban J connectivity index is 1.83. The summed E-state index contributed by atoms with van der Waals surface area (Å²) in [5, 5.41) is 14.5. The number of aryl methyl sites for hydroxylation is 2. The molecule has 2 rings (SSSR count). The van der Waals surface area contributed by atoms with Crippen LogP contribution in [0.25, 0.3) is 0 Å². The summed E-state index contributed by atoms with van der Waals surface area (Å²) < 4.78 is 1.53. The number of carbonyl (C=O) groups is 1. The number of aromatic nitrogens is 6. The van der Waals surface area contributed by atoms with Crippen LogP contribution in [0.3, 0.4) is 0 Å². The highest BCUT2D eigenvalue weighted by molar-refractivity contribution is 7.99. The van der Waals surface area contributed by atoms with Gasteiger partial charge in [-0.2, -0.15) is 0 Å². The standard InChI is InChI=1S/C10H15N7OS/c1-6-4-11-9(12-6)7(2)13-8(18)5-19-10-14-15-16-17(10)3/h4,7H,5H2,1-3H3,(H,11,12)(H,13,18)/t7-/m0/s1. The van der Waals surface area contributed by atoms with Crippen LogP contribution < -0.4 is 5.32 Å². The summed E-state index contributed by atoms with van der Waals surface area (Å²) in [6.07, 6.45) is 1.73. The Labute approximate surface area is 114 Å². The Kier molecular flexibility index (Phi) is 4.15. The molecule has 9 heteroatoms. The molecule has 0 unspecified atom stereocenters. The molecule has 2 N–H and O–H groups in total. The lowest BCUT2D eigenvalue weighted by molar-refractivity contribution is -0.119. The van der Waals surface area contributed by atoms with E-state index in [1.54, 1.807) is 13.2 Å². The van der Waals surface area contributed by atoms with Crippen molar-refractivity contribution in [3.63, 3.8) is 0 Å². The number of tetrazole rings is 1. The lowest BCUT2D eigenvalue weighted by atomic mass is 10.3. The third-order valence-corrected chi connectivity index (χ3v) is 3.43. The molecule has 0 aliphatic carbocycles. The molecule has 0 spiro atoms. The molecule has 1 amide bonds. The Morgan fingerprint density at radius 2 is 2.42 bits per heavy atom. The van der Waals surface area contributed by atoms with E-state index in [-0.39, 0.29) is 17.7 Å². The number of thioether (sulfide) groups is 1. The first kappa shape index (κ1) is 13.5. The molecule has 19 heavy (non-hydrogen) atoms. The van der Waals surface area contributed by atoms with Crippen LogP contribution in [-0.4, -0.2) is 41.8 Å². The fraction of sp³-hybridized carbons (Fsp3) is 0.500. The Hall–Kier alpha value is -1.90. The molecule has 0 aromatic carbocycles. The predicted molar refractivity (Wildman–Crippen MR) is 69.4 cm³/mol. The normalized spacial score (nSPS) is 12.4. The van der Waals surface area contributed by atoms with Crippen LogP contribution in [-0.2, 0) is 11.8 Å². The molecule has 0 aliphatic heterocycles. The van der Waals surface area contributed by atoms with Gasteiger partial charge in [0.2, 0.25) is 11.1 Å². The first-order valence-corrected chi connectivity index (χ1v) is 6.71. The minimum Gasteiger partial charge on any atom is -0.346 e. The van der Waals surface area contributed by atoms with Crippen molar-refractivity contribution in [2.24, 2.45) is 7.05 Å². The number of nitrogens with zero attached hydrogens (tertiary/aromatic N) is 5. The van der Waals surface area contributed by atoms with Crippen LogP contribution in [0, 0.1) is 6.92 Å². The molecule has 0 radical (unpaired) electrons. The summed E-state index contributed by atoms with van der Waals surface area (Å²) in [6, 6.07) is -0.153. The van der Waals surface area contributed by atoms with E-state index in [1.165, 1.54) is 16.4 Å². The molecule has 102 valence electrons. The molecule has 0 saturated heterocycles. The number of hydrogen-bond donors (Lipinski definition) is 2. The number of amides is 1. The van der Waals surface area contributed by atoms with E-state index in [0.717, 1.165) is 11.5 Å². The first-order chi connectivity index (χ1) is 9.06. The van der Waals surface area contributed by atoms with Crippen molar-refractivity contribution in [1.82, 2.24) is 35.5 Å². The predicted octanol–water partition coefficient (Wildman–Crippen LogP) is 0.211. The molecular formula is C10H15N7OS. The van der Waals surface area contributed by atoms with E-state index < -0.39 is 0 Å². The topological polar surface area (TPSA) is 101 Å². The van der Waals surface area contributed by atoms with Gasteiger partial charge in [0.05, 0.1) is 11.8 Å². The summed E-state index contributed by atoms with van der Waals surface area (Å²) in [7, 11) is 1.73. The molecular weight excluding hydrogens is 266 g/mol. The molecule has 0 bridgehead atoms. The minimum absolute atomic E-state index is 0.0884. The number of aromatic amines is 1. The maximum atomic E-state index is 11.8. The molecule has 0 saturated carbocycles. The summed E-state index contributed by atoms with van der Waals surface area (Å²) >= 11 is 1.29. The van der Waals surface area contributed by atoms with Gasteiger partial charge in [0, 0.05) is 18.9 Å². The van der Waals surface area contributed by atoms with Crippen molar-refractivity contribution in [3.05, 3.63) is 17.7 Å². The number of H-pyrrole nitrogens is 1. The SMILES string of the molecule is Cc1cnc([C@H](C)NC(=O)CSc2nnnn2C)[nH]1. The van der Waals surface area contributed by atoms with Crippen LogP contribution in [0.4, 0.5) is 0 Å². The molecule has 2 aromatic heterocycles. The zero-order valence-corrected chi connectivity index (χ0v) is 11.7. The fourth-order valence-electron chi connectivity index (χ4n) is 1.48. The van der Waals surface area contributed by atoms with Gasteiger partial charge in [0.1, 0.15) is 5.82 Å². The summed E-state index contributed by atoms with van der Waals surface area (Å²) in [5.41, 5.74) is 0.968. The highest BCUT2D eigenvalue weighted by Crippen LogP contribution is 2.13. The summed E-state index contributed by atoms with van der Waals surface area (Å²) in [5.74, 6) is 0.920. The number of carbonyl (C=O) groups excluding carboxylic acids is 1. The minimum atomic E-state index is -0.153. The maximum absolute atomic E-state index is 11.8. The molecule has 0 aliphatic rings. The van der Waals surface area contributed by atoms with Crippen LogP contribution >= 0.6 is 11.8 Å². The smallest absolute Gasteiger partial charge is 0.231 e. The van der Waals surface area contributed by atoms with Gasteiger partial charge in [-0.3, -0.25) is 4.79 Å². The number of imidazole rings is 1. The zero-order valence-electron chi connectivity index (χ0n) is 10.9. The lowest BCUT2D eigenvalue weighted by Crippen LogP contribution is -2.29. The average molecular weight is 281 g/mol. The molecule has 2 heterocycles. The Bertz CT molecular complexity index is 564. The third kappa shape index (κ3) is 3.53. The van der Waals surface area contributed by atoms with Crippen LogP contribution in [0.15, 0.2) is 11.4 Å². The quantitative estimate of drug-likeness (QED) is 0.760. The number of nitrogens with one attached hydrogen (secondary N) is 2. The van der Waals surface area contributed by atoms with Gasteiger partial charge in [-0.05, 0) is 24.3 Å². The third-order valence-electron chi connectivity index (χ3n) is 2.42. The lowest BCUT2D eigenvalue weighted by Gasteiger charge is -2.10. The zero-order chi connectivity index (χ0) is 13.8. The van der Waals surface area contributed by atoms with Crippen LogP contribution in [0.2, 0.25) is 0 Å². The van der Waals surface area contributed by atoms with Gasteiger partial charge in [-0.15, -0.1) is 5.10 Å². The number of rotatable bonds is 5. The van der Waals surface area contributed by atoms with Crippen molar-refractivity contribution in [2.75, 3.05) is 5.75 Å². The second kappa shape index (κ2) is 5.83. The maximum Gasteiger partial charge on any atom is 0.231 e. The van der Waals surface area contributed by atoms with Crippen molar-refractivity contribution in [2.45, 2.75) is 25.0 Å². The number of hydrogen-bond acceptors (Lipinski definition) is 6. The van der Waals surface area contributed by atoms with Gasteiger partial charge < -0.3 is 10.3 Å². The van der Waals surface area contributed by atoms with Gasteiger partial charge in [-0.1, -0.05) is 11.8 Å². The average Bonchev–Trinajstić information content (AvgIpc) is 2.95. The largest absolute Gasteiger partial charge is 0.346 e. The molecule has 0 fully saturated rings. The monoisotopic (exact) mass is 281 g/mol. The van der Waals surface area contributed by atoms with Gasteiger partial charge in [0.15, 0.2) is 0 Å². The van der Waals surface area contributed by atoms with E-state index in [1.807, 2.05) is 13.8 Å². The van der Waals surface area contributed by atoms with E-state index in [0.29, 0.717) is 5.16 Å². The summed E-state index contributed by atoms with van der Waals surface area (Å²) in [4.78, 5) is 19.1. The van der Waals surface area contributed by atoms with Gasteiger partial charge in [0.25, 0.3) is 0 Å². The summed E-state index contributed by atoms with van der Waals surface area (Å²) in [6.45, 7) is 3.80. The van der Waals surface area contributed by atoms with E-state index >= 15 is 0 Å². The van der Waals surface area contributed by atoms with Crippen LogP contribution in [0.5, 0.6) is 0 Å². The Morgan fingerprint density at radius 3 is 3.00 bits per heavy atom. The van der Waals surface area contributed by atoms with E-state index in [4.69, 9.17) is 0 Å². The second-order valence-electron chi connectivity index (χ2n) is 4.11. The van der Waals surface area contributed by atoms with Crippen molar-refractivity contribution >= 4 is 17.7 Å². The van der Waals surface area contributed by atoms with E-state index in [2.05, 4.69) is 30.8 Å². The molecule has 8 nitrogen and oxygen atoms in total. The van der Waals surface area contributed by atoms with Crippen molar-refractivity contribution < 1.29 is 4.79 Å². The van der Waals surface area contributed by atoms with Crippen molar-refractivity contribution in [1.29, 1.82) is 0 Å². The molecule has 1 atom stereocenters. The van der Waals surface area contributed by atoms with E-state index in [9.17, 15) is 4.79 Å². The Morgan fingerprint density at radius 1 is 1.63 bits per heavy atom. The van der Waals surface area contributed by atoms with Gasteiger partial charge >= 0.3 is 0 Å². The highest BCUT2D eigenvalue weighted by Gasteiger charge is 2.13. The molecule has 2 aromatic rings. The first-order valence-electron chi connectivity index (χ1n) is 5.72. The van der Waals surface area contributed by atoms with Crippen molar-refractivity contribution in [3.8, 4) is 0 Å². The van der Waals surface area contributed by atoms with Crippen LogP contribution in [0.1, 0.15) is 24.5 Å².